The molecular formula is C15H15N3O2. The molecule has 1 aromatic heterocycles. The first-order chi connectivity index (χ1) is 9.78. The first kappa shape index (κ1) is 12.8. The quantitative estimate of drug-likeness (QED) is 0.917. The maximum Gasteiger partial charge on any atom is 0.229 e. The summed E-state index contributed by atoms with van der Waals surface area (Å²) in [6, 6.07) is 10.2. The van der Waals surface area contributed by atoms with Gasteiger partial charge in [0.05, 0.1) is 25.0 Å². The number of aliphatic hydroxyl groups is 1. The molecule has 1 N–H and O–H groups in total. The first-order valence-electron chi connectivity index (χ1n) is 6.73. The smallest absolute Gasteiger partial charge is 0.229 e. The highest BCUT2D eigenvalue weighted by atomic mass is 16.5. The first-order valence-corrected chi connectivity index (χ1v) is 6.73. The van der Waals surface area contributed by atoms with E-state index in [2.05, 4.69) is 22.3 Å². The third-order valence-electron chi connectivity index (χ3n) is 3.67. The molecule has 0 radical (unpaired) electrons. The zero-order chi connectivity index (χ0) is 13.9. The molecule has 0 aliphatic heterocycles. The second kappa shape index (κ2) is 5.43. The van der Waals surface area contributed by atoms with Crippen molar-refractivity contribution in [1.82, 2.24) is 10.1 Å². The molecular weight excluding hydrogens is 254 g/mol. The summed E-state index contributed by atoms with van der Waals surface area (Å²) >= 11 is 0. The van der Waals surface area contributed by atoms with Crippen LogP contribution < -0.4 is 0 Å². The molecule has 2 atom stereocenters. The molecule has 2 aromatic rings. The minimum atomic E-state index is -0.746. The normalized spacial score (nSPS) is 18.5. The Morgan fingerprint density at radius 1 is 1.45 bits per heavy atom. The lowest BCUT2D eigenvalue weighted by Crippen LogP contribution is -2.09. The topological polar surface area (TPSA) is 82.9 Å². The number of fused-ring (bicyclic) bond motifs is 1. The summed E-state index contributed by atoms with van der Waals surface area (Å²) in [6.45, 7) is 0. The average Bonchev–Trinajstić information content (AvgIpc) is 3.05. The molecule has 0 bridgehead atoms. The van der Waals surface area contributed by atoms with Gasteiger partial charge < -0.3 is 9.63 Å². The number of nitrogens with zero attached hydrogens (tertiary/aromatic N) is 3. The molecule has 0 amide bonds. The van der Waals surface area contributed by atoms with E-state index < -0.39 is 6.10 Å². The van der Waals surface area contributed by atoms with Gasteiger partial charge in [-0.1, -0.05) is 29.4 Å². The van der Waals surface area contributed by atoms with Gasteiger partial charge in [0.2, 0.25) is 5.89 Å². The van der Waals surface area contributed by atoms with Gasteiger partial charge in [-0.2, -0.15) is 10.2 Å². The van der Waals surface area contributed by atoms with Gasteiger partial charge in [0.1, 0.15) is 0 Å². The van der Waals surface area contributed by atoms with Crippen LogP contribution in [0.4, 0.5) is 0 Å². The van der Waals surface area contributed by atoms with Gasteiger partial charge in [0.25, 0.3) is 0 Å². The zero-order valence-corrected chi connectivity index (χ0v) is 11.0. The Morgan fingerprint density at radius 3 is 3.15 bits per heavy atom. The van der Waals surface area contributed by atoms with Gasteiger partial charge >= 0.3 is 0 Å². The average molecular weight is 269 g/mol. The second-order valence-electron chi connectivity index (χ2n) is 5.06. The molecule has 1 heterocycles. The SMILES string of the molecule is N#CCC(O)Cc1nc(C2CCc3ccccc32)no1. The predicted molar refractivity (Wildman–Crippen MR) is 70.8 cm³/mol. The Bertz CT molecular complexity index is 645. The third kappa shape index (κ3) is 2.43. The summed E-state index contributed by atoms with van der Waals surface area (Å²) in [6.07, 6.45) is 1.57. The van der Waals surface area contributed by atoms with Crippen LogP contribution in [-0.4, -0.2) is 21.4 Å². The lowest BCUT2D eigenvalue weighted by Gasteiger charge is -2.05. The fourth-order valence-corrected chi connectivity index (χ4v) is 2.70. The van der Waals surface area contributed by atoms with E-state index in [9.17, 15) is 5.11 Å². The second-order valence-corrected chi connectivity index (χ2v) is 5.06. The van der Waals surface area contributed by atoms with Gasteiger partial charge in [-0.25, -0.2) is 0 Å². The lowest BCUT2D eigenvalue weighted by molar-refractivity contribution is 0.167. The summed E-state index contributed by atoms with van der Waals surface area (Å²) in [4.78, 5) is 4.37. The molecule has 1 aliphatic carbocycles. The minimum absolute atomic E-state index is 0.0734. The molecule has 20 heavy (non-hydrogen) atoms. The fourth-order valence-electron chi connectivity index (χ4n) is 2.70. The highest BCUT2D eigenvalue weighted by Crippen LogP contribution is 2.36. The largest absolute Gasteiger partial charge is 0.392 e. The van der Waals surface area contributed by atoms with E-state index in [4.69, 9.17) is 9.78 Å². The van der Waals surface area contributed by atoms with Crippen molar-refractivity contribution in [2.24, 2.45) is 0 Å². The number of benzene rings is 1. The van der Waals surface area contributed by atoms with Crippen LogP contribution in [-0.2, 0) is 12.8 Å². The maximum atomic E-state index is 9.58. The van der Waals surface area contributed by atoms with Crippen molar-refractivity contribution < 1.29 is 9.63 Å². The van der Waals surface area contributed by atoms with Crippen LogP contribution in [0.3, 0.4) is 0 Å². The highest BCUT2D eigenvalue weighted by molar-refractivity contribution is 5.38. The summed E-state index contributed by atoms with van der Waals surface area (Å²) in [5, 5.41) is 22.1. The van der Waals surface area contributed by atoms with Gasteiger partial charge in [0.15, 0.2) is 5.82 Å². The molecule has 0 spiro atoms. The Balaban J connectivity index is 1.77. The number of nitriles is 1. The molecule has 2 unspecified atom stereocenters. The Labute approximate surface area is 116 Å². The molecule has 1 aromatic carbocycles. The highest BCUT2D eigenvalue weighted by Gasteiger charge is 2.27. The summed E-state index contributed by atoms with van der Waals surface area (Å²) in [5.74, 6) is 1.25. The van der Waals surface area contributed by atoms with Crippen molar-refractivity contribution >= 4 is 0 Å². The third-order valence-corrected chi connectivity index (χ3v) is 3.67. The van der Waals surface area contributed by atoms with Crippen molar-refractivity contribution in [3.05, 3.63) is 47.1 Å². The van der Waals surface area contributed by atoms with Gasteiger partial charge in [0, 0.05) is 5.92 Å². The van der Waals surface area contributed by atoms with Gasteiger partial charge in [-0.05, 0) is 24.0 Å². The standard InChI is InChI=1S/C15H15N3O2/c16-8-7-11(19)9-14-17-15(18-20-14)13-6-5-10-3-1-2-4-12(10)13/h1-4,11,13,19H,5-7,9H2. The van der Waals surface area contributed by atoms with Gasteiger partial charge in [-0.15, -0.1) is 0 Å². The fraction of sp³-hybridized carbons (Fsp3) is 0.400. The summed E-state index contributed by atoms with van der Waals surface area (Å²) in [7, 11) is 0. The monoisotopic (exact) mass is 269 g/mol. The Morgan fingerprint density at radius 2 is 2.30 bits per heavy atom. The molecule has 0 saturated carbocycles. The number of hydrogen-bond acceptors (Lipinski definition) is 5. The molecule has 5 heteroatoms. The minimum Gasteiger partial charge on any atom is -0.392 e. The van der Waals surface area contributed by atoms with Crippen LogP contribution in [0.25, 0.3) is 0 Å². The van der Waals surface area contributed by atoms with Crippen molar-refractivity contribution in [1.29, 1.82) is 5.26 Å². The molecule has 1 aliphatic rings. The van der Waals surface area contributed by atoms with Crippen molar-refractivity contribution in [2.45, 2.75) is 37.7 Å². The molecule has 3 rings (SSSR count). The van der Waals surface area contributed by atoms with E-state index in [0.29, 0.717) is 11.7 Å². The number of hydrogen-bond donors (Lipinski definition) is 1. The number of aryl methyl sites for hydroxylation is 1. The van der Waals surface area contributed by atoms with Crippen molar-refractivity contribution in [3.63, 3.8) is 0 Å². The summed E-state index contributed by atoms with van der Waals surface area (Å²) in [5.41, 5.74) is 2.60. The van der Waals surface area contributed by atoms with E-state index >= 15 is 0 Å². The van der Waals surface area contributed by atoms with Crippen LogP contribution >= 0.6 is 0 Å². The van der Waals surface area contributed by atoms with E-state index in [1.54, 1.807) is 0 Å². The number of aromatic nitrogens is 2. The number of rotatable bonds is 4. The molecule has 0 saturated heterocycles. The number of aliphatic hydroxyl groups excluding tert-OH is 1. The molecule has 5 nitrogen and oxygen atoms in total. The van der Waals surface area contributed by atoms with E-state index in [1.807, 2.05) is 18.2 Å². The van der Waals surface area contributed by atoms with Crippen LogP contribution in [0.15, 0.2) is 28.8 Å². The van der Waals surface area contributed by atoms with E-state index in [0.717, 1.165) is 12.8 Å². The lowest BCUT2D eigenvalue weighted by atomic mass is 10.0. The molecule has 0 fully saturated rings. The zero-order valence-electron chi connectivity index (χ0n) is 11.0. The van der Waals surface area contributed by atoms with Crippen LogP contribution in [0.2, 0.25) is 0 Å². The van der Waals surface area contributed by atoms with E-state index in [1.165, 1.54) is 11.1 Å². The summed E-state index contributed by atoms with van der Waals surface area (Å²) < 4.78 is 5.18. The van der Waals surface area contributed by atoms with E-state index in [-0.39, 0.29) is 18.8 Å². The molecule has 102 valence electrons. The van der Waals surface area contributed by atoms with Crippen molar-refractivity contribution in [3.8, 4) is 6.07 Å². The van der Waals surface area contributed by atoms with Crippen LogP contribution in [0.5, 0.6) is 0 Å². The van der Waals surface area contributed by atoms with Gasteiger partial charge in [-0.3, -0.25) is 0 Å². The predicted octanol–water partition coefficient (Wildman–Crippen LogP) is 1.96. The van der Waals surface area contributed by atoms with Crippen LogP contribution in [0, 0.1) is 11.3 Å². The van der Waals surface area contributed by atoms with Crippen molar-refractivity contribution in [2.75, 3.05) is 0 Å². The Hall–Kier alpha value is -2.19. The maximum absolute atomic E-state index is 9.58. The Kier molecular flexibility index (Phi) is 3.48. The van der Waals surface area contributed by atoms with Crippen LogP contribution in [0.1, 0.15) is 41.6 Å².